The molecule has 0 N–H and O–H groups in total. The van der Waals surface area contributed by atoms with Crippen LogP contribution < -0.4 is 9.64 Å². The van der Waals surface area contributed by atoms with Crippen molar-refractivity contribution in [2.45, 2.75) is 51.3 Å². The molecule has 0 aliphatic carbocycles. The maximum absolute atomic E-state index is 16.8. The molecule has 2 bridgehead atoms. The number of fused-ring (bicyclic) bond motifs is 4. The summed E-state index contributed by atoms with van der Waals surface area (Å²) in [5.74, 6) is 0.554. The van der Waals surface area contributed by atoms with E-state index in [9.17, 15) is 4.79 Å². The lowest BCUT2D eigenvalue weighted by Gasteiger charge is -2.42. The van der Waals surface area contributed by atoms with Crippen LogP contribution in [0.25, 0.3) is 38.9 Å². The lowest BCUT2D eigenvalue weighted by Crippen LogP contribution is -2.57. The maximum Gasteiger partial charge on any atom is 0.410 e. The van der Waals surface area contributed by atoms with Crippen LogP contribution in [0.4, 0.5) is 15.0 Å². The number of benzene rings is 3. The molecule has 0 saturated carbocycles. The fraction of sp³-hybridized carbons (Fsp3) is 0.364. The van der Waals surface area contributed by atoms with Crippen LogP contribution in [0, 0.1) is 5.82 Å². The third-order valence-electron chi connectivity index (χ3n) is 7.97. The molecule has 43 heavy (non-hydrogen) atoms. The first-order chi connectivity index (χ1) is 20.6. The van der Waals surface area contributed by atoms with Crippen LogP contribution in [0.2, 0.25) is 5.28 Å². The second-order valence-corrected chi connectivity index (χ2v) is 12.3. The Labute approximate surface area is 255 Å². The fourth-order valence-corrected chi connectivity index (χ4v) is 6.43. The number of methoxy groups -OCH3 is 1. The van der Waals surface area contributed by atoms with Gasteiger partial charge in [0.25, 0.3) is 0 Å². The predicted molar refractivity (Wildman–Crippen MR) is 167 cm³/mol. The van der Waals surface area contributed by atoms with E-state index in [4.69, 9.17) is 25.8 Å². The molecule has 4 aromatic rings. The Hall–Kier alpha value is -3.95. The van der Waals surface area contributed by atoms with Gasteiger partial charge in [-0.15, -0.1) is 0 Å². The zero-order valence-electron chi connectivity index (χ0n) is 24.7. The van der Waals surface area contributed by atoms with Gasteiger partial charge >= 0.3 is 6.09 Å². The molecule has 2 fully saturated rings. The molecule has 6 rings (SSSR count). The monoisotopic (exact) mass is 604 g/mol. The number of piperazine rings is 1. The van der Waals surface area contributed by atoms with Crippen LogP contribution in [0.1, 0.15) is 39.2 Å². The minimum absolute atomic E-state index is 0.0531. The van der Waals surface area contributed by atoms with Gasteiger partial charge in [-0.1, -0.05) is 36.9 Å². The number of anilines is 1. The van der Waals surface area contributed by atoms with E-state index in [0.717, 1.165) is 23.6 Å². The summed E-state index contributed by atoms with van der Waals surface area (Å²) < 4.78 is 33.3. The van der Waals surface area contributed by atoms with E-state index in [1.54, 1.807) is 19.3 Å². The maximum atomic E-state index is 16.8. The zero-order valence-corrected chi connectivity index (χ0v) is 25.4. The molecular weight excluding hydrogens is 571 g/mol. The van der Waals surface area contributed by atoms with Crippen molar-refractivity contribution in [2.24, 2.45) is 0 Å². The SMILES string of the molecule is C=Cc1cc2c(N3CC4CCC(C3)N4C(=O)OC(C)(C)C)nc(Cl)nc2c(F)c1-c1cc(OCOC)cc2ccccc12. The average molecular weight is 605 g/mol. The topological polar surface area (TPSA) is 77.0 Å². The van der Waals surface area contributed by atoms with Crippen molar-refractivity contribution >= 4 is 51.3 Å². The summed E-state index contributed by atoms with van der Waals surface area (Å²) in [6.07, 6.45) is 3.03. The molecule has 0 radical (unpaired) electrons. The second kappa shape index (κ2) is 11.3. The van der Waals surface area contributed by atoms with Crippen LogP contribution in [0.5, 0.6) is 5.75 Å². The van der Waals surface area contributed by atoms with Gasteiger partial charge in [-0.05, 0) is 85.3 Å². The summed E-state index contributed by atoms with van der Waals surface area (Å²) >= 11 is 6.45. The first-order valence-corrected chi connectivity index (χ1v) is 14.7. The average Bonchev–Trinajstić information content (AvgIpc) is 3.24. The van der Waals surface area contributed by atoms with Gasteiger partial charge < -0.3 is 19.1 Å². The minimum atomic E-state index is -0.582. The van der Waals surface area contributed by atoms with Gasteiger partial charge in [0.05, 0.1) is 12.1 Å². The van der Waals surface area contributed by atoms with Gasteiger partial charge in [-0.3, -0.25) is 4.90 Å². The van der Waals surface area contributed by atoms with Crippen LogP contribution in [-0.2, 0) is 9.47 Å². The molecule has 2 aliphatic heterocycles. The Bertz CT molecular complexity index is 1730. The summed E-state index contributed by atoms with van der Waals surface area (Å²) in [5.41, 5.74) is 1.10. The molecular formula is C33H34ClFN4O4. The van der Waals surface area contributed by atoms with Crippen molar-refractivity contribution in [3.8, 4) is 16.9 Å². The number of hydrogen-bond acceptors (Lipinski definition) is 7. The van der Waals surface area contributed by atoms with Gasteiger partial charge in [0.2, 0.25) is 5.28 Å². The van der Waals surface area contributed by atoms with Crippen molar-refractivity contribution in [3.05, 3.63) is 65.7 Å². The summed E-state index contributed by atoms with van der Waals surface area (Å²) in [6.45, 7) is 10.7. The Morgan fingerprint density at radius 1 is 1.12 bits per heavy atom. The number of halogens is 2. The summed E-state index contributed by atoms with van der Waals surface area (Å²) in [7, 11) is 1.55. The van der Waals surface area contributed by atoms with Crippen LogP contribution >= 0.6 is 11.6 Å². The third-order valence-corrected chi connectivity index (χ3v) is 8.14. The highest BCUT2D eigenvalue weighted by atomic mass is 35.5. The van der Waals surface area contributed by atoms with Gasteiger partial charge in [-0.2, -0.15) is 4.98 Å². The van der Waals surface area contributed by atoms with Crippen LogP contribution in [-0.4, -0.2) is 65.6 Å². The Kier molecular flexibility index (Phi) is 7.64. The van der Waals surface area contributed by atoms with E-state index in [-0.39, 0.29) is 35.8 Å². The lowest BCUT2D eigenvalue weighted by molar-refractivity contribution is 0.0123. The summed E-state index contributed by atoms with van der Waals surface area (Å²) in [4.78, 5) is 25.9. The third kappa shape index (κ3) is 5.47. The number of amides is 1. The number of aromatic nitrogens is 2. The van der Waals surface area contributed by atoms with E-state index in [1.807, 2.05) is 62.1 Å². The van der Waals surface area contributed by atoms with E-state index in [0.29, 0.717) is 46.7 Å². The molecule has 8 nitrogen and oxygen atoms in total. The highest BCUT2D eigenvalue weighted by Crippen LogP contribution is 2.42. The number of nitrogens with zero attached hydrogens (tertiary/aromatic N) is 4. The molecule has 2 unspecified atom stereocenters. The molecule has 224 valence electrons. The first kappa shape index (κ1) is 29.1. The summed E-state index contributed by atoms with van der Waals surface area (Å²) in [6, 6.07) is 13.2. The minimum Gasteiger partial charge on any atom is -0.468 e. The van der Waals surface area contributed by atoms with Gasteiger partial charge in [0, 0.05) is 31.1 Å². The van der Waals surface area contributed by atoms with Crippen molar-refractivity contribution in [3.63, 3.8) is 0 Å². The lowest BCUT2D eigenvalue weighted by atomic mass is 9.92. The van der Waals surface area contributed by atoms with E-state index in [1.165, 1.54) is 0 Å². The highest BCUT2D eigenvalue weighted by Gasteiger charge is 2.45. The fourth-order valence-electron chi connectivity index (χ4n) is 6.27. The molecule has 0 spiro atoms. The van der Waals surface area contributed by atoms with Crippen molar-refractivity contribution in [1.29, 1.82) is 0 Å². The predicted octanol–water partition coefficient (Wildman–Crippen LogP) is 7.46. The van der Waals surface area contributed by atoms with Crippen molar-refractivity contribution in [2.75, 3.05) is 31.9 Å². The van der Waals surface area contributed by atoms with Crippen LogP contribution in [0.15, 0.2) is 49.0 Å². The normalized spacial score (nSPS) is 18.4. The molecule has 10 heteroatoms. The number of carbonyl (C=O) groups excluding carboxylic acids is 1. The van der Waals surface area contributed by atoms with Crippen LogP contribution in [0.3, 0.4) is 0 Å². The van der Waals surface area contributed by atoms with E-state index >= 15 is 4.39 Å². The number of ether oxygens (including phenoxy) is 3. The van der Waals surface area contributed by atoms with Gasteiger partial charge in [0.15, 0.2) is 12.6 Å². The van der Waals surface area contributed by atoms with Gasteiger partial charge in [-0.25, -0.2) is 14.2 Å². The molecule has 3 heterocycles. The molecule has 2 saturated heterocycles. The molecule has 3 aromatic carbocycles. The van der Waals surface area contributed by atoms with Crippen molar-refractivity contribution in [1.82, 2.24) is 14.9 Å². The molecule has 2 atom stereocenters. The Morgan fingerprint density at radius 3 is 2.51 bits per heavy atom. The van der Waals surface area contributed by atoms with Gasteiger partial charge in [0.1, 0.15) is 22.7 Å². The second-order valence-electron chi connectivity index (χ2n) is 12.0. The number of carbonyl (C=O) groups is 1. The molecule has 2 aliphatic rings. The standard InChI is InChI=1S/C33H34ClFN4O4/c1-6-19-14-26-29(28(35)27(19)25-15-23(42-18-41-5)13-20-9-7-8-10-24(20)25)36-31(34)37-30(26)38-16-21-11-12-22(17-38)39(21)32(40)43-33(2,3)4/h6-10,13-15,21-22H,1,11-12,16-18H2,2-5H3. The zero-order chi connectivity index (χ0) is 30.5. The summed E-state index contributed by atoms with van der Waals surface area (Å²) in [5, 5.41) is 2.22. The van der Waals surface area contributed by atoms with Crippen molar-refractivity contribution < 1.29 is 23.4 Å². The number of hydrogen-bond donors (Lipinski definition) is 0. The highest BCUT2D eigenvalue weighted by molar-refractivity contribution is 6.29. The Morgan fingerprint density at radius 2 is 1.84 bits per heavy atom. The smallest absolute Gasteiger partial charge is 0.410 e. The molecule has 1 aromatic heterocycles. The van der Waals surface area contributed by atoms with E-state index in [2.05, 4.69) is 21.4 Å². The molecule has 1 amide bonds. The largest absolute Gasteiger partial charge is 0.468 e. The Balaban J connectivity index is 1.45. The van der Waals surface area contributed by atoms with E-state index < -0.39 is 11.4 Å². The number of rotatable bonds is 6. The quantitative estimate of drug-likeness (QED) is 0.167. The first-order valence-electron chi connectivity index (χ1n) is 14.3.